The van der Waals surface area contributed by atoms with E-state index in [0.29, 0.717) is 0 Å². The normalized spacial score (nSPS) is 14.4. The van der Waals surface area contributed by atoms with Gasteiger partial charge in [-0.05, 0) is 31.7 Å². The van der Waals surface area contributed by atoms with Gasteiger partial charge in [0.2, 0.25) is 0 Å². The first-order valence-electron chi connectivity index (χ1n) is 7.40. The summed E-state index contributed by atoms with van der Waals surface area (Å²) in [7, 11) is 0. The van der Waals surface area contributed by atoms with Crippen LogP contribution in [0.1, 0.15) is 64.4 Å². The van der Waals surface area contributed by atoms with Gasteiger partial charge in [0.05, 0.1) is 5.60 Å². The molecule has 0 fully saturated rings. The molecule has 0 aliphatic heterocycles. The SMILES string of the molecule is CCCCCCCC(C)(O)CCc1ccccc1. The van der Waals surface area contributed by atoms with Crippen molar-refractivity contribution in [1.82, 2.24) is 0 Å². The summed E-state index contributed by atoms with van der Waals surface area (Å²) in [6.45, 7) is 4.21. The van der Waals surface area contributed by atoms with Crippen LogP contribution in [0, 0.1) is 0 Å². The average Bonchev–Trinajstić information content (AvgIpc) is 2.38. The second-order valence-electron chi connectivity index (χ2n) is 5.65. The first-order chi connectivity index (χ1) is 8.64. The molecule has 0 bridgehead atoms. The molecule has 1 aromatic rings. The number of rotatable bonds is 9. The van der Waals surface area contributed by atoms with Crippen LogP contribution in [0.4, 0.5) is 0 Å². The molecule has 102 valence electrons. The minimum absolute atomic E-state index is 0.498. The highest BCUT2D eigenvalue weighted by molar-refractivity contribution is 5.14. The van der Waals surface area contributed by atoms with Gasteiger partial charge in [0.25, 0.3) is 0 Å². The molecule has 1 rings (SSSR count). The highest BCUT2D eigenvalue weighted by Gasteiger charge is 2.19. The molecule has 0 radical (unpaired) electrons. The van der Waals surface area contributed by atoms with E-state index < -0.39 is 5.60 Å². The molecule has 0 spiro atoms. The van der Waals surface area contributed by atoms with Gasteiger partial charge in [0.15, 0.2) is 0 Å². The topological polar surface area (TPSA) is 20.2 Å². The highest BCUT2D eigenvalue weighted by Crippen LogP contribution is 2.21. The zero-order valence-corrected chi connectivity index (χ0v) is 12.0. The smallest absolute Gasteiger partial charge is 0.0623 e. The van der Waals surface area contributed by atoms with Gasteiger partial charge in [-0.2, -0.15) is 0 Å². The predicted octanol–water partition coefficient (Wildman–Crippen LogP) is 4.73. The summed E-state index contributed by atoms with van der Waals surface area (Å²) in [6.07, 6.45) is 9.11. The van der Waals surface area contributed by atoms with Crippen molar-refractivity contribution in [3.05, 3.63) is 35.9 Å². The van der Waals surface area contributed by atoms with Gasteiger partial charge in [-0.15, -0.1) is 0 Å². The van der Waals surface area contributed by atoms with Crippen LogP contribution in [0.5, 0.6) is 0 Å². The fourth-order valence-electron chi connectivity index (χ4n) is 2.29. The van der Waals surface area contributed by atoms with Crippen molar-refractivity contribution in [3.8, 4) is 0 Å². The molecule has 1 N–H and O–H groups in total. The Balaban J connectivity index is 2.19. The number of hydrogen-bond acceptors (Lipinski definition) is 1. The van der Waals surface area contributed by atoms with Gasteiger partial charge < -0.3 is 5.11 Å². The summed E-state index contributed by atoms with van der Waals surface area (Å²) in [6, 6.07) is 10.4. The molecule has 0 aliphatic rings. The second kappa shape index (κ2) is 8.31. The molecule has 0 amide bonds. The first-order valence-corrected chi connectivity index (χ1v) is 7.40. The van der Waals surface area contributed by atoms with Crippen molar-refractivity contribution in [2.24, 2.45) is 0 Å². The van der Waals surface area contributed by atoms with E-state index in [0.717, 1.165) is 25.7 Å². The van der Waals surface area contributed by atoms with E-state index in [2.05, 4.69) is 31.2 Å². The maximum atomic E-state index is 10.3. The third-order valence-electron chi connectivity index (χ3n) is 3.61. The molecule has 1 atom stereocenters. The van der Waals surface area contributed by atoms with Gasteiger partial charge in [0.1, 0.15) is 0 Å². The van der Waals surface area contributed by atoms with E-state index in [1.807, 2.05) is 13.0 Å². The quantitative estimate of drug-likeness (QED) is 0.626. The summed E-state index contributed by atoms with van der Waals surface area (Å²) in [4.78, 5) is 0. The van der Waals surface area contributed by atoms with Crippen LogP contribution in [0.15, 0.2) is 30.3 Å². The van der Waals surface area contributed by atoms with Gasteiger partial charge in [-0.3, -0.25) is 0 Å². The maximum Gasteiger partial charge on any atom is 0.0623 e. The molecular weight excluding hydrogens is 220 g/mol. The van der Waals surface area contributed by atoms with Crippen LogP contribution in [-0.2, 0) is 6.42 Å². The number of aliphatic hydroxyl groups is 1. The first kappa shape index (κ1) is 15.2. The molecule has 1 unspecified atom stereocenters. The van der Waals surface area contributed by atoms with Gasteiger partial charge in [0, 0.05) is 0 Å². The van der Waals surface area contributed by atoms with Crippen LogP contribution < -0.4 is 0 Å². The standard InChI is InChI=1S/C17H28O/c1-3-4-5-6-10-14-17(2,18)15-13-16-11-8-7-9-12-16/h7-9,11-12,18H,3-6,10,13-15H2,1-2H3. The lowest BCUT2D eigenvalue weighted by atomic mass is 9.91. The number of aryl methyl sites for hydroxylation is 1. The summed E-state index contributed by atoms with van der Waals surface area (Å²) in [5.74, 6) is 0. The zero-order valence-electron chi connectivity index (χ0n) is 12.0. The van der Waals surface area contributed by atoms with Crippen molar-refractivity contribution in [3.63, 3.8) is 0 Å². The van der Waals surface area contributed by atoms with Crippen LogP contribution in [0.2, 0.25) is 0 Å². The third-order valence-corrected chi connectivity index (χ3v) is 3.61. The van der Waals surface area contributed by atoms with Crippen LogP contribution >= 0.6 is 0 Å². The average molecular weight is 248 g/mol. The molecule has 0 saturated carbocycles. The Bertz CT molecular complexity index is 303. The Morgan fingerprint density at radius 2 is 1.61 bits per heavy atom. The Morgan fingerprint density at radius 1 is 0.944 bits per heavy atom. The van der Waals surface area contributed by atoms with Crippen molar-refractivity contribution >= 4 is 0 Å². The minimum Gasteiger partial charge on any atom is -0.390 e. The molecular formula is C17H28O. The zero-order chi connectivity index (χ0) is 13.3. The summed E-state index contributed by atoms with van der Waals surface area (Å²) in [5, 5.41) is 10.3. The molecule has 0 saturated heterocycles. The van der Waals surface area contributed by atoms with E-state index in [9.17, 15) is 5.11 Å². The van der Waals surface area contributed by atoms with Gasteiger partial charge in [-0.25, -0.2) is 0 Å². The van der Waals surface area contributed by atoms with Crippen molar-refractivity contribution < 1.29 is 5.11 Å². The molecule has 0 aliphatic carbocycles. The molecule has 18 heavy (non-hydrogen) atoms. The van der Waals surface area contributed by atoms with Gasteiger partial charge >= 0.3 is 0 Å². The minimum atomic E-state index is -0.498. The summed E-state index contributed by atoms with van der Waals surface area (Å²) >= 11 is 0. The van der Waals surface area contributed by atoms with E-state index in [1.165, 1.54) is 31.2 Å². The summed E-state index contributed by atoms with van der Waals surface area (Å²) < 4.78 is 0. The maximum absolute atomic E-state index is 10.3. The number of unbranched alkanes of at least 4 members (excludes halogenated alkanes) is 4. The van der Waals surface area contributed by atoms with E-state index in [4.69, 9.17) is 0 Å². The van der Waals surface area contributed by atoms with Crippen molar-refractivity contribution in [2.75, 3.05) is 0 Å². The summed E-state index contributed by atoms with van der Waals surface area (Å²) in [5.41, 5.74) is 0.825. The van der Waals surface area contributed by atoms with Gasteiger partial charge in [-0.1, -0.05) is 69.4 Å². The van der Waals surface area contributed by atoms with Crippen molar-refractivity contribution in [1.29, 1.82) is 0 Å². The van der Waals surface area contributed by atoms with E-state index >= 15 is 0 Å². The molecule has 1 nitrogen and oxygen atoms in total. The fraction of sp³-hybridized carbons (Fsp3) is 0.647. The lowest BCUT2D eigenvalue weighted by Crippen LogP contribution is -2.24. The number of benzene rings is 1. The predicted molar refractivity (Wildman–Crippen MR) is 78.8 cm³/mol. The highest BCUT2D eigenvalue weighted by atomic mass is 16.3. The van der Waals surface area contributed by atoms with Crippen LogP contribution in [-0.4, -0.2) is 10.7 Å². The largest absolute Gasteiger partial charge is 0.390 e. The van der Waals surface area contributed by atoms with E-state index in [1.54, 1.807) is 0 Å². The Morgan fingerprint density at radius 3 is 2.28 bits per heavy atom. The lowest BCUT2D eigenvalue weighted by molar-refractivity contribution is 0.0396. The molecule has 1 aromatic carbocycles. The Labute approximate surface area is 112 Å². The molecule has 1 heteroatoms. The van der Waals surface area contributed by atoms with Crippen LogP contribution in [0.25, 0.3) is 0 Å². The molecule has 0 heterocycles. The fourth-order valence-corrected chi connectivity index (χ4v) is 2.29. The monoisotopic (exact) mass is 248 g/mol. The Kier molecular flexibility index (Phi) is 7.04. The van der Waals surface area contributed by atoms with E-state index in [-0.39, 0.29) is 0 Å². The third kappa shape index (κ3) is 6.80. The lowest BCUT2D eigenvalue weighted by Gasteiger charge is -2.23. The van der Waals surface area contributed by atoms with Crippen LogP contribution in [0.3, 0.4) is 0 Å². The number of hydrogen-bond donors (Lipinski definition) is 1. The Hall–Kier alpha value is -0.820. The molecule has 0 aromatic heterocycles. The second-order valence-corrected chi connectivity index (χ2v) is 5.65. The van der Waals surface area contributed by atoms with Crippen molar-refractivity contribution in [2.45, 2.75) is 70.8 Å².